The van der Waals surface area contributed by atoms with Gasteiger partial charge in [0, 0.05) is 24.1 Å². The zero-order chi connectivity index (χ0) is 20.8. The van der Waals surface area contributed by atoms with E-state index in [1.165, 1.54) is 0 Å². The number of ether oxygens (including phenoxy) is 1. The van der Waals surface area contributed by atoms with E-state index in [0.29, 0.717) is 11.7 Å². The summed E-state index contributed by atoms with van der Waals surface area (Å²) in [6, 6.07) is 8.00. The second-order valence-corrected chi connectivity index (χ2v) is 7.17. The zero-order valence-electron chi connectivity index (χ0n) is 15.9. The molecule has 9 nitrogen and oxygen atoms in total. The molecule has 1 fully saturated rings. The van der Waals surface area contributed by atoms with Crippen molar-refractivity contribution in [3.8, 4) is 0 Å². The van der Waals surface area contributed by atoms with Gasteiger partial charge >= 0.3 is 11.9 Å². The zero-order valence-corrected chi connectivity index (χ0v) is 15.9. The number of benzene rings is 1. The van der Waals surface area contributed by atoms with Crippen LogP contribution >= 0.6 is 0 Å². The molecule has 0 spiro atoms. The minimum atomic E-state index is -1.01. The Bertz CT molecular complexity index is 873. The van der Waals surface area contributed by atoms with E-state index in [4.69, 9.17) is 15.6 Å². The Morgan fingerprint density at radius 2 is 1.93 bits per heavy atom. The number of hydrogen-bond donors (Lipinski definition) is 4. The van der Waals surface area contributed by atoms with E-state index in [9.17, 15) is 14.4 Å². The van der Waals surface area contributed by atoms with Crippen molar-refractivity contribution in [2.75, 3.05) is 5.32 Å². The number of aromatic nitrogens is 2. The van der Waals surface area contributed by atoms with E-state index in [1.54, 1.807) is 24.3 Å². The summed E-state index contributed by atoms with van der Waals surface area (Å²) >= 11 is 0. The summed E-state index contributed by atoms with van der Waals surface area (Å²) in [5, 5.41) is 18.4. The molecule has 5 N–H and O–H groups in total. The molecule has 1 amide bonds. The lowest BCUT2D eigenvalue weighted by atomic mass is 10.1. The molecule has 154 valence electrons. The third-order valence-electron chi connectivity index (χ3n) is 4.62. The lowest BCUT2D eigenvalue weighted by Crippen LogP contribution is -2.32. The van der Waals surface area contributed by atoms with Crippen LogP contribution in [0.3, 0.4) is 0 Å². The molecule has 3 rings (SSSR count). The second-order valence-electron chi connectivity index (χ2n) is 7.17. The number of H-pyrrole nitrogens is 1. The van der Waals surface area contributed by atoms with Crippen LogP contribution in [-0.2, 0) is 32.1 Å². The smallest absolute Gasteiger partial charge is 0.323 e. The molecule has 0 saturated heterocycles. The van der Waals surface area contributed by atoms with Crippen LogP contribution in [0.2, 0.25) is 0 Å². The van der Waals surface area contributed by atoms with Gasteiger partial charge in [0.05, 0.1) is 6.42 Å². The fourth-order valence-corrected chi connectivity index (χ4v) is 2.79. The molecule has 1 heterocycles. The fraction of sp³-hybridized carbons (Fsp3) is 0.400. The summed E-state index contributed by atoms with van der Waals surface area (Å²) in [6.07, 6.45) is 2.36. The van der Waals surface area contributed by atoms with Crippen molar-refractivity contribution in [3.05, 3.63) is 47.2 Å². The molecule has 1 aliphatic rings. The summed E-state index contributed by atoms with van der Waals surface area (Å²) in [6.45, 7) is 0.0310. The molecule has 0 bridgehead atoms. The van der Waals surface area contributed by atoms with Gasteiger partial charge in [-0.3, -0.25) is 19.5 Å². The Labute approximate surface area is 167 Å². The van der Waals surface area contributed by atoms with Gasteiger partial charge in [0.1, 0.15) is 12.6 Å². The van der Waals surface area contributed by atoms with E-state index in [0.717, 1.165) is 29.7 Å². The van der Waals surface area contributed by atoms with Crippen LogP contribution in [0.5, 0.6) is 0 Å². The van der Waals surface area contributed by atoms with Gasteiger partial charge in [0.2, 0.25) is 5.91 Å². The van der Waals surface area contributed by atoms with Gasteiger partial charge in [0.25, 0.3) is 0 Å². The number of carboxylic acid groups (broad SMARTS) is 1. The first-order valence-electron chi connectivity index (χ1n) is 9.47. The molecule has 1 atom stereocenters. The van der Waals surface area contributed by atoms with E-state index in [-0.39, 0.29) is 31.8 Å². The lowest BCUT2D eigenvalue weighted by molar-refractivity contribution is -0.147. The highest BCUT2D eigenvalue weighted by Gasteiger charge is 2.25. The van der Waals surface area contributed by atoms with E-state index in [1.807, 2.05) is 6.07 Å². The molecule has 1 saturated carbocycles. The van der Waals surface area contributed by atoms with Crippen molar-refractivity contribution >= 4 is 23.7 Å². The molecule has 1 aromatic carbocycles. The van der Waals surface area contributed by atoms with Crippen molar-refractivity contribution < 1.29 is 24.2 Å². The maximum Gasteiger partial charge on any atom is 0.323 e. The minimum absolute atomic E-state index is 0.0281. The first-order chi connectivity index (χ1) is 13.9. The van der Waals surface area contributed by atoms with Crippen LogP contribution in [0, 0.1) is 0 Å². The van der Waals surface area contributed by atoms with Gasteiger partial charge in [0.15, 0.2) is 5.82 Å². The van der Waals surface area contributed by atoms with Crippen molar-refractivity contribution in [1.82, 2.24) is 10.2 Å². The highest BCUT2D eigenvalue weighted by Crippen LogP contribution is 2.39. The molecular weight excluding hydrogens is 376 g/mol. The van der Waals surface area contributed by atoms with E-state index >= 15 is 0 Å². The highest BCUT2D eigenvalue weighted by molar-refractivity contribution is 5.91. The van der Waals surface area contributed by atoms with Crippen LogP contribution in [0.1, 0.15) is 48.4 Å². The predicted octanol–water partition coefficient (Wildman–Crippen LogP) is 1.70. The SMILES string of the molecule is NC(CCC(=O)O)C(=O)OCc1ccc(CC(=O)Nc2cc(C3CC3)[nH]n2)cc1. The number of aliphatic carboxylic acids is 1. The molecular formula is C20H24N4O5. The fourth-order valence-electron chi connectivity index (χ4n) is 2.79. The number of carbonyl (C=O) groups excluding carboxylic acids is 2. The molecule has 1 unspecified atom stereocenters. The summed E-state index contributed by atoms with van der Waals surface area (Å²) in [5.74, 6) is -0.744. The number of aromatic amines is 1. The number of rotatable bonds is 10. The number of amides is 1. The highest BCUT2D eigenvalue weighted by atomic mass is 16.5. The largest absolute Gasteiger partial charge is 0.481 e. The van der Waals surface area contributed by atoms with E-state index in [2.05, 4.69) is 15.5 Å². The Balaban J connectivity index is 1.42. The average Bonchev–Trinajstić information content (AvgIpc) is 3.44. The molecule has 1 aliphatic carbocycles. The van der Waals surface area contributed by atoms with Gasteiger partial charge in [-0.1, -0.05) is 24.3 Å². The number of anilines is 1. The Kier molecular flexibility index (Phi) is 6.61. The third-order valence-corrected chi connectivity index (χ3v) is 4.62. The van der Waals surface area contributed by atoms with Crippen LogP contribution in [0.25, 0.3) is 0 Å². The summed E-state index contributed by atoms with van der Waals surface area (Å²) in [7, 11) is 0. The molecule has 9 heteroatoms. The predicted molar refractivity (Wildman–Crippen MR) is 104 cm³/mol. The van der Waals surface area contributed by atoms with Gasteiger partial charge in [-0.05, 0) is 30.4 Å². The number of nitrogens with zero attached hydrogens (tertiary/aromatic N) is 1. The molecule has 1 aromatic heterocycles. The molecule has 0 radical (unpaired) electrons. The van der Waals surface area contributed by atoms with Crippen LogP contribution < -0.4 is 11.1 Å². The number of hydrogen-bond acceptors (Lipinski definition) is 6. The van der Waals surface area contributed by atoms with Gasteiger partial charge in [-0.15, -0.1) is 0 Å². The van der Waals surface area contributed by atoms with Gasteiger partial charge < -0.3 is 20.9 Å². The first kappa shape index (κ1) is 20.5. The Morgan fingerprint density at radius 3 is 2.59 bits per heavy atom. The van der Waals surface area contributed by atoms with Crippen molar-refractivity contribution in [1.29, 1.82) is 0 Å². The third kappa shape index (κ3) is 6.42. The molecule has 29 heavy (non-hydrogen) atoms. The minimum Gasteiger partial charge on any atom is -0.481 e. The monoisotopic (exact) mass is 400 g/mol. The van der Waals surface area contributed by atoms with Crippen molar-refractivity contribution in [2.45, 2.75) is 50.7 Å². The number of nitrogens with two attached hydrogens (primary N) is 1. The van der Waals surface area contributed by atoms with Crippen LogP contribution in [-0.4, -0.2) is 39.2 Å². The van der Waals surface area contributed by atoms with E-state index < -0.39 is 18.0 Å². The topological polar surface area (TPSA) is 147 Å². The number of carbonyl (C=O) groups is 3. The maximum absolute atomic E-state index is 12.2. The first-order valence-corrected chi connectivity index (χ1v) is 9.47. The molecule has 0 aliphatic heterocycles. The Morgan fingerprint density at radius 1 is 1.24 bits per heavy atom. The summed E-state index contributed by atoms with van der Waals surface area (Å²) < 4.78 is 5.10. The van der Waals surface area contributed by atoms with Crippen LogP contribution in [0.15, 0.2) is 30.3 Å². The number of nitrogens with one attached hydrogen (secondary N) is 2. The van der Waals surface area contributed by atoms with Crippen molar-refractivity contribution in [3.63, 3.8) is 0 Å². The maximum atomic E-state index is 12.2. The van der Waals surface area contributed by atoms with Crippen molar-refractivity contribution in [2.24, 2.45) is 5.73 Å². The van der Waals surface area contributed by atoms with Crippen LogP contribution in [0.4, 0.5) is 5.82 Å². The van der Waals surface area contributed by atoms with Gasteiger partial charge in [-0.2, -0.15) is 5.10 Å². The summed E-state index contributed by atoms with van der Waals surface area (Å²) in [4.78, 5) is 34.4. The summed E-state index contributed by atoms with van der Waals surface area (Å²) in [5.41, 5.74) is 8.22. The number of esters is 1. The molecule has 2 aromatic rings. The lowest BCUT2D eigenvalue weighted by Gasteiger charge is -2.11. The standard InChI is InChI=1S/C20H24N4O5/c21-15(7-8-19(26)27)20(28)29-11-13-3-1-12(2-4-13)9-18(25)22-17-10-16(23-24-17)14-5-6-14/h1-4,10,14-15H,5-9,11,21H2,(H,26,27)(H2,22,23,24,25). The Hall–Kier alpha value is -3.20. The number of carboxylic acids is 1. The average molecular weight is 400 g/mol. The quantitative estimate of drug-likeness (QED) is 0.444. The normalized spacial score (nSPS) is 14.2. The second kappa shape index (κ2) is 9.33. The van der Waals surface area contributed by atoms with Gasteiger partial charge in [-0.25, -0.2) is 0 Å².